The normalized spacial score (nSPS) is 11.2. The summed E-state index contributed by atoms with van der Waals surface area (Å²) in [5, 5.41) is 0. The van der Waals surface area contributed by atoms with Crippen molar-refractivity contribution in [2.24, 2.45) is 0 Å². The predicted molar refractivity (Wildman–Crippen MR) is 28.4 cm³/mol. The molecule has 0 saturated carbocycles. The van der Waals surface area contributed by atoms with Crippen molar-refractivity contribution in [2.45, 2.75) is 0 Å². The largest absolute Gasteiger partial charge is 1.00 e. The zero-order valence-electron chi connectivity index (χ0n) is 5.83. The fourth-order valence-corrected chi connectivity index (χ4v) is 0.622. The number of hydrogen-bond acceptors (Lipinski definition) is 8. The third kappa shape index (κ3) is 17.4. The van der Waals surface area contributed by atoms with E-state index in [0.717, 1.165) is 0 Å². The molecule has 0 heterocycles. The van der Waals surface area contributed by atoms with E-state index in [-0.39, 0.29) is 57.5 Å². The third-order valence-electron chi connectivity index (χ3n) is 0.197. The van der Waals surface area contributed by atoms with E-state index in [9.17, 15) is 21.4 Å². The van der Waals surface area contributed by atoms with Gasteiger partial charge in [0.2, 0.25) is 10.4 Å². The zero-order chi connectivity index (χ0) is 8.41. The third-order valence-corrected chi connectivity index (χ3v) is 0.758. The van der Waals surface area contributed by atoms with Crippen LogP contribution < -0.4 is 57.5 Å². The van der Waals surface area contributed by atoms with E-state index < -0.39 is 20.8 Å². The van der Waals surface area contributed by atoms with E-state index in [0.29, 0.717) is 0 Å². The molecule has 0 aliphatic carbocycles. The maximum atomic E-state index is 9.48. The molecule has 9 nitrogen and oxygen atoms in total. The van der Waals surface area contributed by atoms with Crippen molar-refractivity contribution in [2.75, 3.05) is 0 Å². The van der Waals surface area contributed by atoms with Crippen LogP contribution in [0.2, 0.25) is 0 Å². The first-order valence-corrected chi connectivity index (χ1v) is 4.21. The van der Waals surface area contributed by atoms with Crippen molar-refractivity contribution in [1.29, 1.82) is 0 Å². The Kier molecular flexibility index (Phi) is 10.7. The van der Waals surface area contributed by atoms with E-state index in [1.807, 2.05) is 0 Å². The van der Waals surface area contributed by atoms with E-state index in [4.69, 9.17) is 4.55 Å². The van der Waals surface area contributed by atoms with Gasteiger partial charge < -0.3 is 10.7 Å². The van der Waals surface area contributed by atoms with Crippen LogP contribution in [0.15, 0.2) is 0 Å². The average molecular weight is 249 g/mol. The van der Waals surface area contributed by atoms with Gasteiger partial charge in [0.15, 0.2) is 0 Å². The molecule has 0 fully saturated rings. The van der Waals surface area contributed by atoms with Gasteiger partial charge in [-0.25, -0.2) is 8.42 Å². The molecular weight excluding hydrogens is 245 g/mol. The Balaban J connectivity index is -0.000000405. The minimum atomic E-state index is -5.27. The fraction of sp³-hybridized carbons (Fsp3) is 0. The number of rotatable bonds is 3. The first kappa shape index (κ1) is 19.0. The van der Waals surface area contributed by atoms with Crippen LogP contribution in [0, 0.1) is 0 Å². The van der Waals surface area contributed by atoms with Gasteiger partial charge in [0.05, 0.1) is 0 Å². The van der Waals surface area contributed by atoms with E-state index in [2.05, 4.69) is 8.67 Å². The molecule has 0 amide bonds. The second-order valence-electron chi connectivity index (χ2n) is 0.972. The molecule has 0 aromatic rings. The van der Waals surface area contributed by atoms with Crippen LogP contribution in [0.5, 0.6) is 0 Å². The fourth-order valence-electron chi connectivity index (χ4n) is 0.0691. The maximum Gasteiger partial charge on any atom is 1.00 e. The first-order chi connectivity index (χ1) is 4.21. The van der Waals surface area contributed by atoms with Crippen LogP contribution in [-0.4, -0.2) is 25.9 Å². The number of hydrogen-bond donors (Lipinski definition) is 2. The van der Waals surface area contributed by atoms with E-state index in [1.54, 1.807) is 0 Å². The van der Waals surface area contributed by atoms with Crippen LogP contribution in [0.4, 0.5) is 0 Å². The van der Waals surface area contributed by atoms with Crippen LogP contribution in [-0.2, 0) is 29.5 Å². The van der Waals surface area contributed by atoms with Gasteiger partial charge in [-0.3, -0.25) is 4.55 Å². The SMILES string of the molecule is N.O=S(=O)([O-])OOS(=O)(=O)O.[K+]. The molecule has 0 aromatic heterocycles. The zero-order valence-corrected chi connectivity index (χ0v) is 10.6. The topological polar surface area (TPSA) is 165 Å². The van der Waals surface area contributed by atoms with Gasteiger partial charge in [-0.05, 0) is 0 Å². The van der Waals surface area contributed by atoms with Crippen molar-refractivity contribution in [3.63, 3.8) is 0 Å². The van der Waals surface area contributed by atoms with E-state index >= 15 is 0 Å². The quantitative estimate of drug-likeness (QED) is 0.164. The minimum Gasteiger partial charge on any atom is -0.724 e. The summed E-state index contributed by atoms with van der Waals surface area (Å²) in [6.07, 6.45) is 0. The van der Waals surface area contributed by atoms with Gasteiger partial charge >= 0.3 is 61.8 Å². The summed E-state index contributed by atoms with van der Waals surface area (Å²) in [5.41, 5.74) is 0. The summed E-state index contributed by atoms with van der Waals surface area (Å²) in [5.74, 6) is 0. The molecular formula is H4KNO8S2. The molecule has 0 aromatic carbocycles. The minimum absolute atomic E-state index is 0. The van der Waals surface area contributed by atoms with Gasteiger partial charge in [0.1, 0.15) is 0 Å². The van der Waals surface area contributed by atoms with Gasteiger partial charge in [-0.1, -0.05) is 8.67 Å². The molecule has 0 spiro atoms. The van der Waals surface area contributed by atoms with Crippen LogP contribution in [0.25, 0.3) is 0 Å². The van der Waals surface area contributed by atoms with Crippen LogP contribution in [0.1, 0.15) is 0 Å². The Morgan fingerprint density at radius 1 is 1.08 bits per heavy atom. The molecule has 4 N–H and O–H groups in total. The molecule has 0 unspecified atom stereocenters. The predicted octanol–water partition coefficient (Wildman–Crippen LogP) is -4.64. The average Bonchev–Trinajstić information content (AvgIpc) is 1.57. The van der Waals surface area contributed by atoms with Crippen molar-refractivity contribution in [3.05, 3.63) is 0 Å². The molecule has 70 valence electrons. The smallest absolute Gasteiger partial charge is 0.724 e. The molecule has 0 atom stereocenters. The first-order valence-electron chi connectivity index (χ1n) is 1.52. The molecule has 0 aliphatic heterocycles. The van der Waals surface area contributed by atoms with Gasteiger partial charge in [0.25, 0.3) is 0 Å². The summed E-state index contributed by atoms with van der Waals surface area (Å²) in [6.45, 7) is 0. The second kappa shape index (κ2) is 6.74. The summed E-state index contributed by atoms with van der Waals surface area (Å²) in [7, 11) is -10.3. The summed E-state index contributed by atoms with van der Waals surface area (Å²) < 4.78 is 60.2. The Bertz CT molecular complexity index is 253. The summed E-state index contributed by atoms with van der Waals surface area (Å²) in [4.78, 5) is 0. The van der Waals surface area contributed by atoms with E-state index in [1.165, 1.54) is 0 Å². The summed E-state index contributed by atoms with van der Waals surface area (Å²) >= 11 is 0. The molecule has 0 saturated heterocycles. The second-order valence-corrected chi connectivity index (χ2v) is 2.92. The molecule has 0 rings (SSSR count). The van der Waals surface area contributed by atoms with Crippen molar-refractivity contribution in [1.82, 2.24) is 6.15 Å². The standard InChI is InChI=1S/K.H3N.H2O8S2/c;;1-9(2,3)7-8-10(4,5)6/h;1H3;(H,1,2,3)(H,4,5,6)/q+1;;/p-1. The molecule has 0 aliphatic rings. The monoisotopic (exact) mass is 249 g/mol. The van der Waals surface area contributed by atoms with Crippen LogP contribution >= 0.6 is 0 Å². The Morgan fingerprint density at radius 2 is 1.42 bits per heavy atom. The van der Waals surface area contributed by atoms with Gasteiger partial charge in [-0.15, -0.1) is 0 Å². The molecule has 12 heteroatoms. The van der Waals surface area contributed by atoms with Crippen LogP contribution in [0.3, 0.4) is 0 Å². The van der Waals surface area contributed by atoms with Crippen molar-refractivity contribution in [3.8, 4) is 0 Å². The Morgan fingerprint density at radius 3 is 1.50 bits per heavy atom. The Hall–Kier alpha value is 1.34. The maximum absolute atomic E-state index is 9.48. The molecule has 0 radical (unpaired) electrons. The molecule has 12 heavy (non-hydrogen) atoms. The van der Waals surface area contributed by atoms with Crippen molar-refractivity contribution >= 4 is 20.8 Å². The van der Waals surface area contributed by atoms with Crippen molar-refractivity contribution < 1.29 is 86.0 Å². The summed E-state index contributed by atoms with van der Waals surface area (Å²) in [6, 6.07) is 0. The molecule has 0 bridgehead atoms. The van der Waals surface area contributed by atoms with Gasteiger partial charge in [-0.2, -0.15) is 8.42 Å². The Labute approximate surface area is 111 Å². The van der Waals surface area contributed by atoms with Gasteiger partial charge in [0, 0.05) is 0 Å².